The molecule has 2 aromatic carbocycles. The zero-order valence-corrected chi connectivity index (χ0v) is 14.7. The van der Waals surface area contributed by atoms with Crippen LogP contribution < -0.4 is 5.32 Å². The van der Waals surface area contributed by atoms with Crippen LogP contribution in [-0.2, 0) is 11.0 Å². The van der Waals surface area contributed by atoms with Crippen LogP contribution in [0.3, 0.4) is 0 Å². The molecule has 1 amide bonds. The van der Waals surface area contributed by atoms with Crippen molar-refractivity contribution in [3.8, 4) is 11.1 Å². The zero-order chi connectivity index (χ0) is 20.1. The number of halogens is 3. The summed E-state index contributed by atoms with van der Waals surface area (Å²) in [7, 11) is 1.43. The van der Waals surface area contributed by atoms with Gasteiger partial charge in [0.25, 0.3) is 5.91 Å². The number of benzene rings is 2. The lowest BCUT2D eigenvalue weighted by atomic mass is 10.0. The molecule has 0 unspecified atom stereocenters. The lowest BCUT2D eigenvalue weighted by Gasteiger charge is -2.11. The third-order valence-corrected chi connectivity index (χ3v) is 3.79. The molecule has 5 nitrogen and oxygen atoms in total. The van der Waals surface area contributed by atoms with Gasteiger partial charge in [-0.15, -0.1) is 0 Å². The number of anilines is 1. The molecule has 1 N–H and O–H groups in total. The van der Waals surface area contributed by atoms with E-state index in [1.807, 2.05) is 24.3 Å². The van der Waals surface area contributed by atoms with Crippen LogP contribution in [0.1, 0.15) is 21.9 Å². The number of alkyl halides is 3. The number of hydrogen-bond acceptors (Lipinski definition) is 4. The molecule has 0 fully saturated rings. The number of para-hydroxylation sites is 1. The van der Waals surface area contributed by atoms with Gasteiger partial charge in [0.05, 0.1) is 6.21 Å². The highest BCUT2D eigenvalue weighted by atomic mass is 19.4. The van der Waals surface area contributed by atoms with Crippen LogP contribution in [0.2, 0.25) is 0 Å². The first-order chi connectivity index (χ1) is 13.4. The second kappa shape index (κ2) is 7.99. The maximum atomic E-state index is 12.7. The van der Waals surface area contributed by atoms with Gasteiger partial charge in [0.1, 0.15) is 7.11 Å². The summed E-state index contributed by atoms with van der Waals surface area (Å²) in [6, 6.07) is 16.0. The number of hydrogen-bond donors (Lipinski definition) is 1. The van der Waals surface area contributed by atoms with Gasteiger partial charge in [-0.05, 0) is 35.4 Å². The minimum atomic E-state index is -4.65. The van der Waals surface area contributed by atoms with Crippen LogP contribution in [-0.4, -0.2) is 19.2 Å². The zero-order valence-electron chi connectivity index (χ0n) is 14.7. The number of oxime groups is 1. The van der Waals surface area contributed by atoms with Crippen molar-refractivity contribution in [1.82, 2.24) is 0 Å². The maximum absolute atomic E-state index is 12.7. The first kappa shape index (κ1) is 19.2. The van der Waals surface area contributed by atoms with Crippen molar-refractivity contribution in [3.63, 3.8) is 0 Å². The van der Waals surface area contributed by atoms with Crippen molar-refractivity contribution in [2.75, 3.05) is 12.4 Å². The summed E-state index contributed by atoms with van der Waals surface area (Å²) in [4.78, 5) is 17.0. The Bertz CT molecular complexity index is 1010. The quantitative estimate of drug-likeness (QED) is 0.483. The summed E-state index contributed by atoms with van der Waals surface area (Å²) in [5.41, 5.74) is 2.68. The van der Waals surface area contributed by atoms with E-state index in [0.717, 1.165) is 23.3 Å². The molecule has 3 aromatic rings. The van der Waals surface area contributed by atoms with Crippen LogP contribution in [0, 0.1) is 0 Å². The van der Waals surface area contributed by atoms with E-state index >= 15 is 0 Å². The predicted octanol–water partition coefficient (Wildman–Crippen LogP) is 5.20. The lowest BCUT2D eigenvalue weighted by molar-refractivity contribution is -0.153. The molecule has 0 atom stereocenters. The molecule has 0 bridgehead atoms. The summed E-state index contributed by atoms with van der Waals surface area (Å²) < 4.78 is 42.6. The minimum Gasteiger partial charge on any atom is -0.446 e. The van der Waals surface area contributed by atoms with Crippen LogP contribution in [0.25, 0.3) is 11.1 Å². The molecule has 0 aliphatic heterocycles. The fourth-order valence-electron chi connectivity index (χ4n) is 2.54. The van der Waals surface area contributed by atoms with Crippen molar-refractivity contribution >= 4 is 17.8 Å². The molecule has 0 aliphatic carbocycles. The minimum absolute atomic E-state index is 0.428. The monoisotopic (exact) mass is 388 g/mol. The van der Waals surface area contributed by atoms with Gasteiger partial charge in [0.15, 0.2) is 5.76 Å². The van der Waals surface area contributed by atoms with E-state index in [1.54, 1.807) is 24.3 Å². The van der Waals surface area contributed by atoms with Gasteiger partial charge in [0.2, 0.25) is 5.76 Å². The molecule has 3 rings (SSSR count). The third kappa shape index (κ3) is 4.40. The van der Waals surface area contributed by atoms with Crippen LogP contribution in [0.5, 0.6) is 0 Å². The van der Waals surface area contributed by atoms with Gasteiger partial charge < -0.3 is 14.6 Å². The van der Waals surface area contributed by atoms with Crippen molar-refractivity contribution in [2.45, 2.75) is 6.18 Å². The molecular formula is C20H15F3N2O3. The summed E-state index contributed by atoms with van der Waals surface area (Å²) in [5, 5.41) is 6.30. The highest BCUT2D eigenvalue weighted by molar-refractivity contribution is 6.04. The largest absolute Gasteiger partial charge is 0.449 e. The van der Waals surface area contributed by atoms with Gasteiger partial charge in [-0.25, -0.2) is 0 Å². The van der Waals surface area contributed by atoms with Crippen molar-refractivity contribution in [1.29, 1.82) is 0 Å². The van der Waals surface area contributed by atoms with Gasteiger partial charge in [-0.2, -0.15) is 13.2 Å². The Balaban J connectivity index is 1.88. The lowest BCUT2D eigenvalue weighted by Crippen LogP contribution is -2.12. The topological polar surface area (TPSA) is 63.8 Å². The Labute approximate surface area is 158 Å². The molecule has 1 heterocycles. The summed E-state index contributed by atoms with van der Waals surface area (Å²) in [5.74, 6) is -2.43. The average molecular weight is 388 g/mol. The number of nitrogens with one attached hydrogen (secondary N) is 1. The maximum Gasteiger partial charge on any atom is 0.449 e. The molecule has 0 spiro atoms. The SMILES string of the molecule is CON=Cc1cccc(-c2ccccc2NC(=O)c2ccc(C(F)(F)F)o2)c1. The number of nitrogens with zero attached hydrogens (tertiary/aromatic N) is 1. The molecule has 0 saturated carbocycles. The molecule has 0 radical (unpaired) electrons. The number of carbonyl (C=O) groups excluding carboxylic acids is 1. The number of carbonyl (C=O) groups is 1. The normalized spacial score (nSPS) is 11.6. The smallest absolute Gasteiger partial charge is 0.446 e. The molecule has 144 valence electrons. The van der Waals surface area contributed by atoms with E-state index in [9.17, 15) is 18.0 Å². The van der Waals surface area contributed by atoms with Gasteiger partial charge in [0, 0.05) is 11.3 Å². The van der Waals surface area contributed by atoms with E-state index in [4.69, 9.17) is 0 Å². The van der Waals surface area contributed by atoms with Crippen molar-refractivity contribution in [3.05, 3.63) is 77.7 Å². The Morgan fingerprint density at radius 1 is 1.11 bits per heavy atom. The van der Waals surface area contributed by atoms with Gasteiger partial charge >= 0.3 is 6.18 Å². The first-order valence-electron chi connectivity index (χ1n) is 8.13. The Morgan fingerprint density at radius 2 is 1.89 bits per heavy atom. The van der Waals surface area contributed by atoms with E-state index in [0.29, 0.717) is 11.3 Å². The second-order valence-electron chi connectivity index (χ2n) is 5.70. The number of furan rings is 1. The van der Waals surface area contributed by atoms with Crippen LogP contribution in [0.4, 0.5) is 18.9 Å². The molecule has 1 aromatic heterocycles. The fraction of sp³-hybridized carbons (Fsp3) is 0.100. The molecular weight excluding hydrogens is 373 g/mol. The van der Waals surface area contributed by atoms with Crippen LogP contribution >= 0.6 is 0 Å². The van der Waals surface area contributed by atoms with Gasteiger partial charge in [-0.1, -0.05) is 41.6 Å². The molecule has 0 saturated heterocycles. The molecule has 28 heavy (non-hydrogen) atoms. The highest BCUT2D eigenvalue weighted by Crippen LogP contribution is 2.32. The Morgan fingerprint density at radius 3 is 2.61 bits per heavy atom. The van der Waals surface area contributed by atoms with Gasteiger partial charge in [-0.3, -0.25) is 4.79 Å². The highest BCUT2D eigenvalue weighted by Gasteiger charge is 2.35. The molecule has 0 aliphatic rings. The van der Waals surface area contributed by atoms with Crippen molar-refractivity contribution in [2.24, 2.45) is 5.16 Å². The first-order valence-corrected chi connectivity index (χ1v) is 8.13. The summed E-state index contributed by atoms with van der Waals surface area (Å²) in [6.45, 7) is 0. The van der Waals surface area contributed by atoms with E-state index in [1.165, 1.54) is 13.3 Å². The summed E-state index contributed by atoms with van der Waals surface area (Å²) in [6.07, 6.45) is -3.12. The third-order valence-electron chi connectivity index (χ3n) is 3.79. The van der Waals surface area contributed by atoms with E-state index in [2.05, 4.69) is 19.7 Å². The predicted molar refractivity (Wildman–Crippen MR) is 98.1 cm³/mol. The fourth-order valence-corrected chi connectivity index (χ4v) is 2.54. The average Bonchev–Trinajstić information content (AvgIpc) is 3.18. The number of rotatable bonds is 5. The van der Waals surface area contributed by atoms with E-state index in [-0.39, 0.29) is 0 Å². The second-order valence-corrected chi connectivity index (χ2v) is 5.70. The summed E-state index contributed by atoms with van der Waals surface area (Å²) >= 11 is 0. The van der Waals surface area contributed by atoms with E-state index < -0.39 is 23.6 Å². The Kier molecular flexibility index (Phi) is 5.49. The number of amides is 1. The Hall–Kier alpha value is -3.55. The van der Waals surface area contributed by atoms with Crippen LogP contribution in [0.15, 0.2) is 70.2 Å². The van der Waals surface area contributed by atoms with Crippen molar-refractivity contribution < 1.29 is 27.2 Å². The molecule has 8 heteroatoms. The standard InChI is InChI=1S/C20H15F3N2O3/c1-27-24-12-13-5-4-6-14(11-13)15-7-2-3-8-16(15)25-19(26)17-9-10-18(28-17)20(21,22)23/h2-12H,1H3,(H,25,26).